The number of rotatable bonds is 8. The summed E-state index contributed by atoms with van der Waals surface area (Å²) in [7, 11) is 0. The second kappa shape index (κ2) is 8.81. The van der Waals surface area contributed by atoms with Crippen molar-refractivity contribution < 1.29 is 5.11 Å². The molecule has 0 saturated heterocycles. The van der Waals surface area contributed by atoms with Gasteiger partial charge in [0.2, 0.25) is 0 Å². The van der Waals surface area contributed by atoms with E-state index >= 15 is 0 Å². The van der Waals surface area contributed by atoms with Crippen LogP contribution in [0.1, 0.15) is 77.6 Å². The molecule has 0 spiro atoms. The van der Waals surface area contributed by atoms with Gasteiger partial charge in [0.05, 0.1) is 6.10 Å². The molecule has 0 aromatic heterocycles. The first-order valence-corrected chi connectivity index (χ1v) is 7.19. The summed E-state index contributed by atoms with van der Waals surface area (Å²) in [6.07, 6.45) is 15.8. The summed E-state index contributed by atoms with van der Waals surface area (Å²) in [6.45, 7) is 2.24. The Balaban J connectivity index is 2.01. The van der Waals surface area contributed by atoms with Gasteiger partial charge in [0, 0.05) is 0 Å². The monoisotopic (exact) mass is 224 g/mol. The highest BCUT2D eigenvalue weighted by Crippen LogP contribution is 2.22. The van der Waals surface area contributed by atoms with Crippen molar-refractivity contribution in [2.45, 2.75) is 83.7 Å². The van der Waals surface area contributed by atoms with Gasteiger partial charge in [-0.15, -0.1) is 0 Å². The number of allylic oxidation sites excluding steroid dienone is 1. The molecule has 1 nitrogen and oxygen atoms in total. The third-order valence-corrected chi connectivity index (χ3v) is 3.52. The number of aliphatic hydroxyl groups is 1. The average molecular weight is 224 g/mol. The third-order valence-electron chi connectivity index (χ3n) is 3.52. The van der Waals surface area contributed by atoms with Gasteiger partial charge in [0.1, 0.15) is 0 Å². The van der Waals surface area contributed by atoms with Gasteiger partial charge in [-0.2, -0.15) is 0 Å². The third kappa shape index (κ3) is 6.32. The number of unbranched alkanes of at least 4 members (excludes halogenated alkanes) is 4. The van der Waals surface area contributed by atoms with E-state index in [9.17, 15) is 5.11 Å². The highest BCUT2D eigenvalue weighted by Gasteiger charge is 2.09. The van der Waals surface area contributed by atoms with Gasteiger partial charge in [-0.1, -0.05) is 50.7 Å². The summed E-state index contributed by atoms with van der Waals surface area (Å²) in [4.78, 5) is 0. The molecule has 0 heterocycles. The van der Waals surface area contributed by atoms with E-state index in [-0.39, 0.29) is 6.10 Å². The van der Waals surface area contributed by atoms with Crippen molar-refractivity contribution in [2.75, 3.05) is 0 Å². The maximum atomic E-state index is 9.92. The maximum Gasteiger partial charge on any atom is 0.0577 e. The molecule has 1 aliphatic carbocycles. The number of aliphatic hydroxyl groups excluding tert-OH is 1. The summed E-state index contributed by atoms with van der Waals surface area (Å²) in [6, 6.07) is 0. The normalized spacial score (nSPS) is 18.2. The molecule has 0 aromatic carbocycles. The van der Waals surface area contributed by atoms with Gasteiger partial charge in [0.15, 0.2) is 0 Å². The average Bonchev–Trinajstić information content (AvgIpc) is 2.30. The van der Waals surface area contributed by atoms with Gasteiger partial charge < -0.3 is 5.11 Å². The molecule has 1 rings (SSSR count). The second-order valence-corrected chi connectivity index (χ2v) is 5.17. The molecular weight excluding hydrogens is 196 g/mol. The summed E-state index contributed by atoms with van der Waals surface area (Å²) in [5.41, 5.74) is 1.51. The maximum absolute atomic E-state index is 9.92. The number of hydrogen-bond acceptors (Lipinski definition) is 1. The van der Waals surface area contributed by atoms with E-state index in [0.717, 1.165) is 12.8 Å². The van der Waals surface area contributed by atoms with Crippen molar-refractivity contribution in [3.63, 3.8) is 0 Å². The zero-order valence-corrected chi connectivity index (χ0v) is 10.9. The summed E-state index contributed by atoms with van der Waals surface area (Å²) >= 11 is 0. The minimum Gasteiger partial charge on any atom is -0.393 e. The van der Waals surface area contributed by atoms with Crippen LogP contribution in [-0.4, -0.2) is 11.2 Å². The Morgan fingerprint density at radius 2 is 2.00 bits per heavy atom. The van der Waals surface area contributed by atoms with Crippen LogP contribution in [-0.2, 0) is 0 Å². The fourth-order valence-corrected chi connectivity index (χ4v) is 2.48. The first kappa shape index (κ1) is 13.8. The standard InChI is InChI=1S/C15H28O/c1-2-3-4-5-9-12-15(16)13-14-10-7-6-8-11-14/h10,15-16H,2-9,11-13H2,1H3. The van der Waals surface area contributed by atoms with Crippen LogP contribution < -0.4 is 0 Å². The molecule has 16 heavy (non-hydrogen) atoms. The molecule has 0 bridgehead atoms. The Labute approximate surface area is 101 Å². The van der Waals surface area contributed by atoms with Crippen molar-refractivity contribution in [3.8, 4) is 0 Å². The lowest BCUT2D eigenvalue weighted by molar-refractivity contribution is 0.159. The van der Waals surface area contributed by atoms with E-state index in [0.29, 0.717) is 0 Å². The van der Waals surface area contributed by atoms with Crippen molar-refractivity contribution in [3.05, 3.63) is 11.6 Å². The first-order valence-electron chi connectivity index (χ1n) is 7.19. The molecule has 94 valence electrons. The van der Waals surface area contributed by atoms with E-state index < -0.39 is 0 Å². The molecule has 1 unspecified atom stereocenters. The van der Waals surface area contributed by atoms with Gasteiger partial charge in [-0.25, -0.2) is 0 Å². The van der Waals surface area contributed by atoms with Crippen LogP contribution >= 0.6 is 0 Å². The Kier molecular flexibility index (Phi) is 7.58. The highest BCUT2D eigenvalue weighted by molar-refractivity contribution is 5.06. The molecule has 0 saturated carbocycles. The Morgan fingerprint density at radius 3 is 2.69 bits per heavy atom. The predicted molar refractivity (Wildman–Crippen MR) is 70.6 cm³/mol. The Bertz CT molecular complexity index is 196. The van der Waals surface area contributed by atoms with Crippen molar-refractivity contribution in [1.82, 2.24) is 0 Å². The van der Waals surface area contributed by atoms with Crippen molar-refractivity contribution in [1.29, 1.82) is 0 Å². The quantitative estimate of drug-likeness (QED) is 0.472. The lowest BCUT2D eigenvalue weighted by Crippen LogP contribution is -2.09. The summed E-state index contributed by atoms with van der Waals surface area (Å²) in [5.74, 6) is 0. The molecule has 0 amide bonds. The van der Waals surface area contributed by atoms with Gasteiger partial charge >= 0.3 is 0 Å². The zero-order chi connectivity index (χ0) is 11.6. The van der Waals surface area contributed by atoms with Crippen LogP contribution in [0.4, 0.5) is 0 Å². The van der Waals surface area contributed by atoms with Crippen LogP contribution in [0, 0.1) is 0 Å². The Morgan fingerprint density at radius 1 is 1.19 bits per heavy atom. The van der Waals surface area contributed by atoms with E-state index in [1.54, 1.807) is 0 Å². The molecule has 1 aliphatic rings. The van der Waals surface area contributed by atoms with Crippen LogP contribution in [0.2, 0.25) is 0 Å². The largest absolute Gasteiger partial charge is 0.393 e. The molecule has 1 heteroatoms. The summed E-state index contributed by atoms with van der Waals surface area (Å²) in [5, 5.41) is 9.92. The van der Waals surface area contributed by atoms with Crippen LogP contribution in [0.5, 0.6) is 0 Å². The first-order chi connectivity index (χ1) is 7.83. The van der Waals surface area contributed by atoms with E-state index in [1.165, 1.54) is 63.4 Å². The minimum absolute atomic E-state index is 0.0778. The van der Waals surface area contributed by atoms with Crippen LogP contribution in [0.25, 0.3) is 0 Å². The molecule has 0 aliphatic heterocycles. The molecule has 0 radical (unpaired) electrons. The fraction of sp³-hybridized carbons (Fsp3) is 0.867. The van der Waals surface area contributed by atoms with Gasteiger partial charge in [0.25, 0.3) is 0 Å². The Hall–Kier alpha value is -0.300. The lowest BCUT2D eigenvalue weighted by atomic mass is 9.93. The highest BCUT2D eigenvalue weighted by atomic mass is 16.3. The zero-order valence-electron chi connectivity index (χ0n) is 10.9. The molecular formula is C15H28O. The predicted octanol–water partition coefficient (Wildman–Crippen LogP) is 4.60. The van der Waals surface area contributed by atoms with E-state index in [1.807, 2.05) is 0 Å². The van der Waals surface area contributed by atoms with Gasteiger partial charge in [-0.3, -0.25) is 0 Å². The molecule has 1 N–H and O–H groups in total. The molecule has 1 atom stereocenters. The topological polar surface area (TPSA) is 20.2 Å². The van der Waals surface area contributed by atoms with Gasteiger partial charge in [-0.05, 0) is 38.5 Å². The number of hydrogen-bond donors (Lipinski definition) is 1. The molecule has 0 aromatic rings. The van der Waals surface area contributed by atoms with E-state index in [2.05, 4.69) is 13.0 Å². The van der Waals surface area contributed by atoms with Crippen LogP contribution in [0.3, 0.4) is 0 Å². The second-order valence-electron chi connectivity index (χ2n) is 5.17. The SMILES string of the molecule is CCCCCCCC(O)CC1=CCCCC1. The lowest BCUT2D eigenvalue weighted by Gasteiger charge is -2.16. The fourth-order valence-electron chi connectivity index (χ4n) is 2.48. The van der Waals surface area contributed by atoms with Crippen molar-refractivity contribution >= 4 is 0 Å². The molecule has 0 fully saturated rings. The van der Waals surface area contributed by atoms with E-state index in [4.69, 9.17) is 0 Å². The smallest absolute Gasteiger partial charge is 0.0577 e. The summed E-state index contributed by atoms with van der Waals surface area (Å²) < 4.78 is 0. The van der Waals surface area contributed by atoms with Crippen LogP contribution in [0.15, 0.2) is 11.6 Å². The van der Waals surface area contributed by atoms with Crippen molar-refractivity contribution in [2.24, 2.45) is 0 Å². The minimum atomic E-state index is -0.0778.